The second-order valence-electron chi connectivity index (χ2n) is 6.18. The fourth-order valence-electron chi connectivity index (χ4n) is 2.66. The van der Waals surface area contributed by atoms with E-state index in [4.69, 9.17) is 0 Å². The van der Waals surface area contributed by atoms with Gasteiger partial charge in [-0.05, 0) is 57.0 Å². The summed E-state index contributed by atoms with van der Waals surface area (Å²) in [6.07, 6.45) is 1.66. The molecule has 0 heterocycles. The highest BCUT2D eigenvalue weighted by molar-refractivity contribution is 5.86. The summed E-state index contributed by atoms with van der Waals surface area (Å²) in [7, 11) is 0. The van der Waals surface area contributed by atoms with Gasteiger partial charge in [0, 0.05) is 24.5 Å². The average Bonchev–Trinajstić information content (AvgIpc) is 2.65. The molecule has 5 heteroatoms. The van der Waals surface area contributed by atoms with Crippen LogP contribution in [0.3, 0.4) is 0 Å². The zero-order chi connectivity index (χ0) is 18.9. The Kier molecular flexibility index (Phi) is 7.21. The van der Waals surface area contributed by atoms with Crippen molar-refractivity contribution in [3.8, 4) is 0 Å². The van der Waals surface area contributed by atoms with E-state index in [9.17, 15) is 4.79 Å². The second kappa shape index (κ2) is 9.61. The highest BCUT2D eigenvalue weighted by Crippen LogP contribution is 2.15. The molecule has 0 bridgehead atoms. The second-order valence-corrected chi connectivity index (χ2v) is 6.18. The van der Waals surface area contributed by atoms with Gasteiger partial charge in [-0.2, -0.15) is 5.10 Å². The molecule has 0 fully saturated rings. The molecule has 0 aliphatic rings. The van der Waals surface area contributed by atoms with E-state index in [2.05, 4.69) is 46.7 Å². The van der Waals surface area contributed by atoms with Crippen LogP contribution in [0.15, 0.2) is 53.6 Å². The number of nitrogens with zero attached hydrogens (tertiary/aromatic N) is 2. The van der Waals surface area contributed by atoms with Crippen LogP contribution in [0.1, 0.15) is 31.9 Å². The summed E-state index contributed by atoms with van der Waals surface area (Å²) in [5, 5.41) is 7.26. The summed E-state index contributed by atoms with van der Waals surface area (Å²) in [4.78, 5) is 14.5. The maximum atomic E-state index is 12.2. The first kappa shape index (κ1) is 19.5. The van der Waals surface area contributed by atoms with Crippen molar-refractivity contribution in [2.75, 3.05) is 23.3 Å². The number of hydrogen-bond acceptors (Lipinski definition) is 4. The molecular formula is C21H28N4O. The van der Waals surface area contributed by atoms with E-state index in [0.29, 0.717) is 0 Å². The van der Waals surface area contributed by atoms with E-state index in [0.717, 1.165) is 29.9 Å². The largest absolute Gasteiger partial charge is 0.374 e. The standard InChI is InChI=1S/C21H28N4O/c1-5-25(6-2)19-13-11-18(12-14-19)15-22-24-21(26)17(4)23-20-10-8-7-9-16(20)3/h7-15,17,23H,5-6H2,1-4H3,(H,24,26). The molecule has 0 aromatic heterocycles. The lowest BCUT2D eigenvalue weighted by Crippen LogP contribution is -2.35. The highest BCUT2D eigenvalue weighted by Gasteiger charge is 2.12. The highest BCUT2D eigenvalue weighted by atomic mass is 16.2. The number of rotatable bonds is 8. The summed E-state index contributed by atoms with van der Waals surface area (Å²) < 4.78 is 0. The molecule has 1 unspecified atom stereocenters. The van der Waals surface area contributed by atoms with Crippen molar-refractivity contribution in [3.05, 3.63) is 59.7 Å². The van der Waals surface area contributed by atoms with E-state index in [1.54, 1.807) is 6.21 Å². The lowest BCUT2D eigenvalue weighted by Gasteiger charge is -2.20. The van der Waals surface area contributed by atoms with Crippen molar-refractivity contribution in [3.63, 3.8) is 0 Å². The van der Waals surface area contributed by atoms with Crippen LogP contribution in [0, 0.1) is 6.92 Å². The Bertz CT molecular complexity index is 736. The minimum absolute atomic E-state index is 0.177. The molecule has 0 spiro atoms. The maximum Gasteiger partial charge on any atom is 0.262 e. The van der Waals surface area contributed by atoms with Crippen molar-refractivity contribution in [1.29, 1.82) is 0 Å². The lowest BCUT2D eigenvalue weighted by atomic mass is 10.2. The molecule has 1 atom stereocenters. The molecule has 1 amide bonds. The summed E-state index contributed by atoms with van der Waals surface area (Å²) in [5.41, 5.74) is 6.77. The molecule has 0 aliphatic carbocycles. The van der Waals surface area contributed by atoms with Gasteiger partial charge in [0.2, 0.25) is 0 Å². The van der Waals surface area contributed by atoms with Crippen molar-refractivity contribution < 1.29 is 4.79 Å². The Labute approximate surface area is 156 Å². The van der Waals surface area contributed by atoms with Crippen LogP contribution >= 0.6 is 0 Å². The van der Waals surface area contributed by atoms with Gasteiger partial charge in [0.25, 0.3) is 5.91 Å². The average molecular weight is 352 g/mol. The number of nitrogens with one attached hydrogen (secondary N) is 2. The van der Waals surface area contributed by atoms with Gasteiger partial charge in [-0.25, -0.2) is 5.43 Å². The molecule has 5 nitrogen and oxygen atoms in total. The lowest BCUT2D eigenvalue weighted by molar-refractivity contribution is -0.121. The zero-order valence-electron chi connectivity index (χ0n) is 16.0. The number of aryl methyl sites for hydroxylation is 1. The van der Waals surface area contributed by atoms with Crippen LogP contribution in [0.2, 0.25) is 0 Å². The third-order valence-corrected chi connectivity index (χ3v) is 4.32. The Morgan fingerprint density at radius 2 is 1.77 bits per heavy atom. The van der Waals surface area contributed by atoms with Gasteiger partial charge in [0.1, 0.15) is 6.04 Å². The molecule has 26 heavy (non-hydrogen) atoms. The smallest absolute Gasteiger partial charge is 0.262 e. The first-order valence-corrected chi connectivity index (χ1v) is 9.05. The zero-order valence-corrected chi connectivity index (χ0v) is 16.0. The molecule has 138 valence electrons. The molecule has 2 rings (SSSR count). The van der Waals surface area contributed by atoms with Crippen molar-refractivity contribution in [1.82, 2.24) is 5.43 Å². The summed E-state index contributed by atoms with van der Waals surface area (Å²) in [6, 6.07) is 15.6. The minimum atomic E-state index is -0.377. The van der Waals surface area contributed by atoms with E-state index < -0.39 is 0 Å². The Morgan fingerprint density at radius 3 is 2.38 bits per heavy atom. The monoisotopic (exact) mass is 352 g/mol. The summed E-state index contributed by atoms with van der Waals surface area (Å²) >= 11 is 0. The Balaban J connectivity index is 1.89. The van der Waals surface area contributed by atoms with Gasteiger partial charge in [0.15, 0.2) is 0 Å². The number of anilines is 2. The third kappa shape index (κ3) is 5.34. The fraction of sp³-hybridized carbons (Fsp3) is 0.333. The van der Waals surface area contributed by atoms with Gasteiger partial charge in [-0.15, -0.1) is 0 Å². The molecule has 0 radical (unpaired) electrons. The minimum Gasteiger partial charge on any atom is -0.374 e. The molecular weight excluding hydrogens is 324 g/mol. The van der Waals surface area contributed by atoms with Crippen molar-refractivity contribution >= 4 is 23.5 Å². The normalized spacial score (nSPS) is 12.0. The maximum absolute atomic E-state index is 12.2. The van der Waals surface area contributed by atoms with Gasteiger partial charge in [-0.3, -0.25) is 4.79 Å². The number of hydrazone groups is 1. The van der Waals surface area contributed by atoms with Gasteiger partial charge >= 0.3 is 0 Å². The number of benzene rings is 2. The summed E-state index contributed by atoms with van der Waals surface area (Å²) in [5.74, 6) is -0.177. The van der Waals surface area contributed by atoms with Gasteiger partial charge < -0.3 is 10.2 Å². The Morgan fingerprint density at radius 1 is 1.12 bits per heavy atom. The number of para-hydroxylation sites is 1. The fourth-order valence-corrected chi connectivity index (χ4v) is 2.66. The van der Waals surface area contributed by atoms with Crippen LogP contribution in [0.25, 0.3) is 0 Å². The molecule has 2 aromatic rings. The SMILES string of the molecule is CCN(CC)c1ccc(C=NNC(=O)C(C)Nc2ccccc2C)cc1. The van der Waals surface area contributed by atoms with Crippen LogP contribution in [0.4, 0.5) is 11.4 Å². The molecule has 2 N–H and O–H groups in total. The van der Waals surface area contributed by atoms with E-state index in [1.165, 1.54) is 5.69 Å². The van der Waals surface area contributed by atoms with Crippen LogP contribution in [-0.2, 0) is 4.79 Å². The van der Waals surface area contributed by atoms with Crippen LogP contribution < -0.4 is 15.6 Å². The van der Waals surface area contributed by atoms with E-state index in [1.807, 2.05) is 50.2 Å². The number of amides is 1. The molecule has 0 aliphatic heterocycles. The van der Waals surface area contributed by atoms with Gasteiger partial charge in [-0.1, -0.05) is 30.3 Å². The topological polar surface area (TPSA) is 56.7 Å². The van der Waals surface area contributed by atoms with Crippen molar-refractivity contribution in [2.24, 2.45) is 5.10 Å². The summed E-state index contributed by atoms with van der Waals surface area (Å²) in [6.45, 7) is 10.1. The molecule has 0 saturated heterocycles. The number of hydrogen-bond donors (Lipinski definition) is 2. The predicted molar refractivity (Wildman–Crippen MR) is 110 cm³/mol. The number of carbonyl (C=O) groups is 1. The number of carbonyl (C=O) groups excluding carboxylic acids is 1. The molecule has 0 saturated carbocycles. The van der Waals surface area contributed by atoms with E-state index >= 15 is 0 Å². The van der Waals surface area contributed by atoms with Crippen LogP contribution in [-0.4, -0.2) is 31.3 Å². The Hall–Kier alpha value is -2.82. The van der Waals surface area contributed by atoms with E-state index in [-0.39, 0.29) is 11.9 Å². The first-order chi connectivity index (χ1) is 12.5. The molecule has 2 aromatic carbocycles. The quantitative estimate of drug-likeness (QED) is 0.561. The van der Waals surface area contributed by atoms with Crippen LogP contribution in [0.5, 0.6) is 0 Å². The van der Waals surface area contributed by atoms with Gasteiger partial charge in [0.05, 0.1) is 6.21 Å². The predicted octanol–water partition coefficient (Wildman–Crippen LogP) is 3.79. The first-order valence-electron chi connectivity index (χ1n) is 9.05. The third-order valence-electron chi connectivity index (χ3n) is 4.32. The van der Waals surface area contributed by atoms with Crippen molar-refractivity contribution in [2.45, 2.75) is 33.7 Å².